The molecule has 0 amide bonds. The van der Waals surface area contributed by atoms with Crippen LogP contribution in [0.5, 0.6) is 0 Å². The largest absolute Gasteiger partial charge is 0.397 e. The van der Waals surface area contributed by atoms with Gasteiger partial charge in [0.25, 0.3) is 0 Å². The molecule has 16 heavy (non-hydrogen) atoms. The summed E-state index contributed by atoms with van der Waals surface area (Å²) in [4.78, 5) is 0. The fourth-order valence-electron chi connectivity index (χ4n) is 2.44. The maximum absolute atomic E-state index is 6.00. The van der Waals surface area contributed by atoms with Gasteiger partial charge in [-0.25, -0.2) is 0 Å². The first-order valence-electron chi connectivity index (χ1n) is 5.78. The van der Waals surface area contributed by atoms with Gasteiger partial charge in [-0.05, 0) is 65.5 Å². The number of halogens is 1. The van der Waals surface area contributed by atoms with Crippen LogP contribution in [-0.4, -0.2) is 6.04 Å². The van der Waals surface area contributed by atoms with Crippen LogP contribution in [0.4, 0.5) is 11.4 Å². The Morgan fingerprint density at radius 1 is 1.44 bits per heavy atom. The number of benzene rings is 1. The van der Waals surface area contributed by atoms with Crippen molar-refractivity contribution >= 4 is 34.0 Å². The SMILES string of the molecule is CC1(C)CCC(Nc2ccc(I)cc2N)C1. The minimum Gasteiger partial charge on any atom is -0.397 e. The summed E-state index contributed by atoms with van der Waals surface area (Å²) in [6.07, 6.45) is 3.78. The third-order valence-electron chi connectivity index (χ3n) is 3.34. The van der Waals surface area contributed by atoms with Crippen LogP contribution in [0.25, 0.3) is 0 Å². The van der Waals surface area contributed by atoms with Crippen molar-refractivity contribution in [2.45, 2.75) is 39.2 Å². The topological polar surface area (TPSA) is 38.0 Å². The summed E-state index contributed by atoms with van der Waals surface area (Å²) < 4.78 is 1.19. The van der Waals surface area contributed by atoms with Crippen molar-refractivity contribution in [1.82, 2.24) is 0 Å². The molecule has 1 aliphatic carbocycles. The molecule has 1 saturated carbocycles. The Bertz CT molecular complexity index is 388. The molecular formula is C13H19IN2. The van der Waals surface area contributed by atoms with Crippen LogP contribution in [0.2, 0.25) is 0 Å². The van der Waals surface area contributed by atoms with E-state index in [9.17, 15) is 0 Å². The van der Waals surface area contributed by atoms with Gasteiger partial charge in [0.2, 0.25) is 0 Å². The Kier molecular flexibility index (Phi) is 3.33. The monoisotopic (exact) mass is 330 g/mol. The van der Waals surface area contributed by atoms with Gasteiger partial charge in [0, 0.05) is 9.61 Å². The Balaban J connectivity index is 2.05. The van der Waals surface area contributed by atoms with E-state index in [1.807, 2.05) is 6.07 Å². The summed E-state index contributed by atoms with van der Waals surface area (Å²) in [5.41, 5.74) is 8.43. The minimum absolute atomic E-state index is 0.482. The van der Waals surface area contributed by atoms with Gasteiger partial charge in [-0.15, -0.1) is 0 Å². The van der Waals surface area contributed by atoms with Gasteiger partial charge in [-0.2, -0.15) is 0 Å². The highest BCUT2D eigenvalue weighted by Crippen LogP contribution is 2.38. The quantitative estimate of drug-likeness (QED) is 0.638. The second-order valence-electron chi connectivity index (χ2n) is 5.48. The molecule has 1 fully saturated rings. The van der Waals surface area contributed by atoms with E-state index < -0.39 is 0 Å². The first-order valence-corrected chi connectivity index (χ1v) is 6.86. The second-order valence-corrected chi connectivity index (χ2v) is 6.73. The number of hydrogen-bond donors (Lipinski definition) is 2. The third-order valence-corrected chi connectivity index (χ3v) is 4.01. The minimum atomic E-state index is 0.482. The predicted molar refractivity (Wildman–Crippen MR) is 78.6 cm³/mol. The Morgan fingerprint density at radius 3 is 2.75 bits per heavy atom. The lowest BCUT2D eigenvalue weighted by Crippen LogP contribution is -2.18. The van der Waals surface area contributed by atoms with Crippen molar-refractivity contribution in [3.63, 3.8) is 0 Å². The average molecular weight is 330 g/mol. The van der Waals surface area contributed by atoms with Crippen LogP contribution in [0.1, 0.15) is 33.1 Å². The van der Waals surface area contributed by atoms with E-state index >= 15 is 0 Å². The Labute approximate surface area is 111 Å². The van der Waals surface area contributed by atoms with Crippen LogP contribution < -0.4 is 11.1 Å². The van der Waals surface area contributed by atoms with E-state index in [-0.39, 0.29) is 0 Å². The smallest absolute Gasteiger partial charge is 0.0576 e. The molecule has 88 valence electrons. The lowest BCUT2D eigenvalue weighted by Gasteiger charge is -2.19. The zero-order valence-corrected chi connectivity index (χ0v) is 12.0. The molecule has 1 aliphatic rings. The fourth-order valence-corrected chi connectivity index (χ4v) is 2.96. The molecule has 0 radical (unpaired) electrons. The van der Waals surface area contributed by atoms with Crippen molar-refractivity contribution in [3.05, 3.63) is 21.8 Å². The standard InChI is InChI=1S/C13H19IN2/c1-13(2)6-5-10(8-13)16-12-4-3-9(14)7-11(12)15/h3-4,7,10,16H,5-6,8,15H2,1-2H3. The lowest BCUT2D eigenvalue weighted by molar-refractivity contribution is 0.378. The van der Waals surface area contributed by atoms with Gasteiger partial charge in [0.1, 0.15) is 0 Å². The Morgan fingerprint density at radius 2 is 2.19 bits per heavy atom. The third kappa shape index (κ3) is 2.81. The zero-order chi connectivity index (χ0) is 11.8. The number of rotatable bonds is 2. The van der Waals surface area contributed by atoms with Crippen LogP contribution >= 0.6 is 22.6 Å². The van der Waals surface area contributed by atoms with Gasteiger partial charge in [-0.3, -0.25) is 0 Å². The molecule has 0 bridgehead atoms. The summed E-state index contributed by atoms with van der Waals surface area (Å²) in [5, 5.41) is 3.56. The van der Waals surface area contributed by atoms with Crippen molar-refractivity contribution in [3.8, 4) is 0 Å². The van der Waals surface area contributed by atoms with Crippen LogP contribution in [0.3, 0.4) is 0 Å². The molecule has 0 saturated heterocycles. The summed E-state index contributed by atoms with van der Waals surface area (Å²) in [6, 6.07) is 6.78. The number of hydrogen-bond acceptors (Lipinski definition) is 2. The molecule has 1 aromatic rings. The summed E-state index contributed by atoms with van der Waals surface area (Å²) in [5.74, 6) is 0. The van der Waals surface area contributed by atoms with Crippen molar-refractivity contribution in [2.75, 3.05) is 11.1 Å². The van der Waals surface area contributed by atoms with Gasteiger partial charge < -0.3 is 11.1 Å². The van der Waals surface area contributed by atoms with Crippen LogP contribution in [-0.2, 0) is 0 Å². The number of nitrogens with two attached hydrogens (primary N) is 1. The van der Waals surface area contributed by atoms with E-state index in [2.05, 4.69) is 53.9 Å². The van der Waals surface area contributed by atoms with E-state index in [4.69, 9.17) is 5.73 Å². The van der Waals surface area contributed by atoms with Crippen LogP contribution in [0, 0.1) is 8.99 Å². The summed E-state index contributed by atoms with van der Waals surface area (Å²) in [7, 11) is 0. The first kappa shape index (κ1) is 12.0. The number of anilines is 2. The maximum atomic E-state index is 6.00. The molecule has 3 heteroatoms. The molecule has 0 heterocycles. The molecular weight excluding hydrogens is 311 g/mol. The van der Waals surface area contributed by atoms with Crippen molar-refractivity contribution in [1.29, 1.82) is 0 Å². The molecule has 1 atom stereocenters. The summed E-state index contributed by atoms with van der Waals surface area (Å²) in [6.45, 7) is 4.68. The fraction of sp³-hybridized carbons (Fsp3) is 0.538. The van der Waals surface area contributed by atoms with Gasteiger partial charge >= 0.3 is 0 Å². The first-order chi connectivity index (χ1) is 7.46. The molecule has 2 rings (SSSR count). The van der Waals surface area contributed by atoms with Crippen molar-refractivity contribution < 1.29 is 0 Å². The highest BCUT2D eigenvalue weighted by atomic mass is 127. The molecule has 0 aromatic heterocycles. The number of nitrogens with one attached hydrogen (secondary N) is 1. The highest BCUT2D eigenvalue weighted by Gasteiger charge is 2.30. The molecule has 0 aliphatic heterocycles. The highest BCUT2D eigenvalue weighted by molar-refractivity contribution is 14.1. The van der Waals surface area contributed by atoms with Gasteiger partial charge in [0.15, 0.2) is 0 Å². The number of nitrogen functional groups attached to an aromatic ring is 1. The summed E-state index contributed by atoms with van der Waals surface area (Å²) >= 11 is 2.28. The molecule has 2 nitrogen and oxygen atoms in total. The Hall–Kier alpha value is -0.450. The zero-order valence-electron chi connectivity index (χ0n) is 9.89. The van der Waals surface area contributed by atoms with E-state index in [0.29, 0.717) is 11.5 Å². The average Bonchev–Trinajstić information content (AvgIpc) is 2.51. The maximum Gasteiger partial charge on any atom is 0.0576 e. The lowest BCUT2D eigenvalue weighted by atomic mass is 9.92. The molecule has 0 spiro atoms. The van der Waals surface area contributed by atoms with Gasteiger partial charge in [-0.1, -0.05) is 13.8 Å². The molecule has 3 N–H and O–H groups in total. The van der Waals surface area contributed by atoms with E-state index in [1.54, 1.807) is 0 Å². The van der Waals surface area contributed by atoms with E-state index in [0.717, 1.165) is 11.4 Å². The second kappa shape index (κ2) is 4.43. The predicted octanol–water partition coefficient (Wildman–Crippen LogP) is 3.86. The molecule has 1 aromatic carbocycles. The van der Waals surface area contributed by atoms with Gasteiger partial charge in [0.05, 0.1) is 11.4 Å². The van der Waals surface area contributed by atoms with Crippen molar-refractivity contribution in [2.24, 2.45) is 5.41 Å². The normalized spacial score (nSPS) is 23.3. The van der Waals surface area contributed by atoms with E-state index in [1.165, 1.54) is 22.8 Å². The van der Waals surface area contributed by atoms with Crippen LogP contribution in [0.15, 0.2) is 18.2 Å². The molecule has 1 unspecified atom stereocenters.